The summed E-state index contributed by atoms with van der Waals surface area (Å²) in [5.74, 6) is 5.74. The second kappa shape index (κ2) is 15.6. The fourth-order valence-corrected chi connectivity index (χ4v) is 11.6. The lowest BCUT2D eigenvalue weighted by Gasteiger charge is -2.58. The van der Waals surface area contributed by atoms with Crippen molar-refractivity contribution in [1.29, 1.82) is 0 Å². The molecule has 7 nitrogen and oxygen atoms in total. The van der Waals surface area contributed by atoms with Gasteiger partial charge in [0, 0.05) is 5.75 Å². The van der Waals surface area contributed by atoms with Crippen LogP contribution in [-0.4, -0.2) is 88.6 Å². The van der Waals surface area contributed by atoms with E-state index in [1.807, 2.05) is 0 Å². The van der Waals surface area contributed by atoms with Gasteiger partial charge in [0.1, 0.15) is 29.9 Å². The summed E-state index contributed by atoms with van der Waals surface area (Å²) in [4.78, 5) is 0. The SMILES string of the molecule is CC(C)CCC[C@@H](C)[C@H]1CC[C@H]2[C@@H]3CC=C4C[C@@H](OCCOCCS[C@@H]5O[C@H](CO)[C@@H](O)[C@H](O)[C@@H]5O)CC[C@]4(C)[C@H]3CC[C@]12C. The molecule has 0 amide bonds. The van der Waals surface area contributed by atoms with Gasteiger partial charge >= 0.3 is 0 Å². The minimum atomic E-state index is -1.34. The second-order valence-corrected chi connectivity index (χ2v) is 17.4. The number of thioether (sulfide) groups is 1. The molecule has 0 bridgehead atoms. The third kappa shape index (κ3) is 7.69. The molecule has 13 atom stereocenters. The average Bonchev–Trinajstić information content (AvgIpc) is 3.37. The van der Waals surface area contributed by atoms with Gasteiger partial charge in [-0.2, -0.15) is 0 Å². The maximum Gasteiger partial charge on any atom is 0.132 e. The van der Waals surface area contributed by atoms with Crippen LogP contribution in [0.25, 0.3) is 0 Å². The number of fused-ring (bicyclic) bond motifs is 5. The lowest BCUT2D eigenvalue weighted by atomic mass is 9.47. The van der Waals surface area contributed by atoms with Crippen LogP contribution in [0.1, 0.15) is 105 Å². The van der Waals surface area contributed by atoms with Crippen LogP contribution >= 0.6 is 11.8 Å². The molecule has 0 radical (unpaired) electrons. The van der Waals surface area contributed by atoms with Crippen molar-refractivity contribution in [3.63, 3.8) is 0 Å². The molecule has 1 heterocycles. The molecule has 45 heavy (non-hydrogen) atoms. The summed E-state index contributed by atoms with van der Waals surface area (Å²) in [5, 5.41) is 39.4. The molecular formula is C37H64O7S. The number of allylic oxidation sites excluding steroid dienone is 1. The van der Waals surface area contributed by atoms with Crippen molar-refractivity contribution < 1.29 is 34.6 Å². The highest BCUT2D eigenvalue weighted by atomic mass is 32.2. The summed E-state index contributed by atoms with van der Waals surface area (Å²) in [6.45, 7) is 13.7. The predicted molar refractivity (Wildman–Crippen MR) is 180 cm³/mol. The van der Waals surface area contributed by atoms with Gasteiger partial charge in [-0.25, -0.2) is 0 Å². The highest BCUT2D eigenvalue weighted by Crippen LogP contribution is 2.67. The Morgan fingerprint density at radius 2 is 1.73 bits per heavy atom. The van der Waals surface area contributed by atoms with E-state index in [9.17, 15) is 20.4 Å². The lowest BCUT2D eigenvalue weighted by Crippen LogP contribution is -2.57. The van der Waals surface area contributed by atoms with Crippen LogP contribution in [0.4, 0.5) is 0 Å². The molecule has 4 fully saturated rings. The first-order valence-electron chi connectivity index (χ1n) is 18.3. The number of rotatable bonds is 14. The third-order valence-corrected chi connectivity index (χ3v) is 14.3. The van der Waals surface area contributed by atoms with Crippen LogP contribution in [0.2, 0.25) is 0 Å². The highest BCUT2D eigenvalue weighted by molar-refractivity contribution is 7.99. The quantitative estimate of drug-likeness (QED) is 0.135. The Hall–Kier alpha value is -0.190. The molecule has 260 valence electrons. The summed E-state index contributed by atoms with van der Waals surface area (Å²) in [5.41, 5.74) is 1.82. The number of hydrogen-bond donors (Lipinski definition) is 4. The minimum Gasteiger partial charge on any atom is -0.394 e. The Labute approximate surface area is 277 Å². The number of hydrogen-bond acceptors (Lipinski definition) is 8. The molecule has 1 aliphatic heterocycles. The van der Waals surface area contributed by atoms with E-state index in [-0.39, 0.29) is 6.10 Å². The standard InChI is InChI=1S/C37H64O7S/c1-23(2)7-6-8-24(3)28-11-12-29-27-10-9-25-21-26(13-15-36(25,4)30(27)14-16-37(28,29)5)43-18-17-42-19-20-45-35-34(41)33(40)32(39)31(22-38)44-35/h9,23-24,26-35,38-41H,6-8,10-22H2,1-5H3/t24-,26+,27+,28-,29+,30+,31-,32-,33+,34+,35+,36+,37-/m1/s1. The van der Waals surface area contributed by atoms with Gasteiger partial charge in [0.25, 0.3) is 0 Å². The molecule has 0 aromatic rings. The zero-order chi connectivity index (χ0) is 32.4. The van der Waals surface area contributed by atoms with Crippen molar-refractivity contribution in [3.05, 3.63) is 11.6 Å². The van der Waals surface area contributed by atoms with Gasteiger partial charge in [-0.3, -0.25) is 0 Å². The van der Waals surface area contributed by atoms with E-state index >= 15 is 0 Å². The number of ether oxygens (including phenoxy) is 3. The monoisotopic (exact) mass is 652 g/mol. The minimum absolute atomic E-state index is 0.268. The van der Waals surface area contributed by atoms with Gasteiger partial charge in [-0.15, -0.1) is 11.8 Å². The molecule has 3 saturated carbocycles. The van der Waals surface area contributed by atoms with E-state index in [1.54, 1.807) is 5.57 Å². The van der Waals surface area contributed by atoms with E-state index in [2.05, 4.69) is 40.7 Å². The summed E-state index contributed by atoms with van der Waals surface area (Å²) >= 11 is 1.32. The van der Waals surface area contributed by atoms with E-state index < -0.39 is 36.5 Å². The molecule has 5 rings (SSSR count). The topological polar surface area (TPSA) is 109 Å². The molecule has 4 aliphatic carbocycles. The van der Waals surface area contributed by atoms with Crippen molar-refractivity contribution in [3.8, 4) is 0 Å². The van der Waals surface area contributed by atoms with Crippen molar-refractivity contribution in [2.24, 2.45) is 46.3 Å². The lowest BCUT2D eigenvalue weighted by molar-refractivity contribution is -0.205. The Morgan fingerprint density at radius 1 is 0.933 bits per heavy atom. The summed E-state index contributed by atoms with van der Waals surface area (Å²) in [6.07, 6.45) is 12.8. The number of aliphatic hydroxyl groups is 4. The first kappa shape index (κ1) is 36.1. The van der Waals surface area contributed by atoms with Gasteiger partial charge in [-0.05, 0) is 97.7 Å². The Kier molecular flexibility index (Phi) is 12.5. The molecule has 8 heteroatoms. The smallest absolute Gasteiger partial charge is 0.132 e. The Bertz CT molecular complexity index is 974. The first-order chi connectivity index (χ1) is 21.5. The van der Waals surface area contributed by atoms with Gasteiger partial charge < -0.3 is 34.6 Å². The van der Waals surface area contributed by atoms with Crippen molar-refractivity contribution in [2.75, 3.05) is 32.2 Å². The Balaban J connectivity index is 1.04. The zero-order valence-corrected chi connectivity index (χ0v) is 29.6. The summed E-state index contributed by atoms with van der Waals surface area (Å²) in [6, 6.07) is 0. The fourth-order valence-electron chi connectivity index (χ4n) is 10.6. The second-order valence-electron chi connectivity index (χ2n) is 16.2. The van der Waals surface area contributed by atoms with E-state index in [0.29, 0.717) is 36.4 Å². The molecule has 1 saturated heterocycles. The maximum atomic E-state index is 10.2. The van der Waals surface area contributed by atoms with Crippen LogP contribution in [-0.2, 0) is 14.2 Å². The summed E-state index contributed by atoms with van der Waals surface area (Å²) in [7, 11) is 0. The zero-order valence-electron chi connectivity index (χ0n) is 28.7. The molecule has 0 aromatic carbocycles. The average molecular weight is 653 g/mol. The van der Waals surface area contributed by atoms with E-state index in [0.717, 1.165) is 48.3 Å². The van der Waals surface area contributed by atoms with Crippen molar-refractivity contribution in [2.45, 2.75) is 141 Å². The molecule has 0 aromatic heterocycles. The first-order valence-corrected chi connectivity index (χ1v) is 19.4. The Morgan fingerprint density at radius 3 is 2.49 bits per heavy atom. The molecular weight excluding hydrogens is 588 g/mol. The molecule has 5 aliphatic rings. The molecule has 0 unspecified atom stereocenters. The van der Waals surface area contributed by atoms with Gasteiger partial charge in [-0.1, -0.05) is 65.5 Å². The van der Waals surface area contributed by atoms with Crippen LogP contribution in [0.5, 0.6) is 0 Å². The maximum absolute atomic E-state index is 10.2. The van der Waals surface area contributed by atoms with Gasteiger partial charge in [0.15, 0.2) is 0 Å². The van der Waals surface area contributed by atoms with Crippen LogP contribution in [0.15, 0.2) is 11.6 Å². The van der Waals surface area contributed by atoms with Gasteiger partial charge in [0.05, 0.1) is 32.5 Å². The van der Waals surface area contributed by atoms with Crippen LogP contribution in [0.3, 0.4) is 0 Å². The van der Waals surface area contributed by atoms with E-state index in [4.69, 9.17) is 14.2 Å². The predicted octanol–water partition coefficient (Wildman–Crippen LogP) is 5.96. The number of aliphatic hydroxyl groups excluding tert-OH is 4. The van der Waals surface area contributed by atoms with Crippen LogP contribution in [0, 0.1) is 46.3 Å². The largest absolute Gasteiger partial charge is 0.394 e. The van der Waals surface area contributed by atoms with Crippen LogP contribution < -0.4 is 0 Å². The highest BCUT2D eigenvalue weighted by Gasteiger charge is 2.59. The van der Waals surface area contributed by atoms with Gasteiger partial charge in [0.2, 0.25) is 0 Å². The molecule has 4 N–H and O–H groups in total. The van der Waals surface area contributed by atoms with E-state index in [1.165, 1.54) is 69.5 Å². The van der Waals surface area contributed by atoms with Crippen molar-refractivity contribution in [1.82, 2.24) is 0 Å². The normalized spacial score (nSPS) is 43.8. The summed E-state index contributed by atoms with van der Waals surface area (Å²) < 4.78 is 17.7. The third-order valence-electron chi connectivity index (χ3n) is 13.2. The van der Waals surface area contributed by atoms with Crippen molar-refractivity contribution >= 4 is 11.8 Å². The fraction of sp³-hybridized carbons (Fsp3) is 0.946. The molecule has 0 spiro atoms.